The number of para-hydroxylation sites is 1. The normalized spacial score (nSPS) is 11.0. The molecule has 0 aliphatic carbocycles. The molecular formula is C19H19BrN2O3S. The van der Waals surface area contributed by atoms with Crippen molar-refractivity contribution in [2.75, 3.05) is 26.1 Å². The van der Waals surface area contributed by atoms with Gasteiger partial charge in [-0.2, -0.15) is 0 Å². The number of hydrogen-bond acceptors (Lipinski definition) is 5. The van der Waals surface area contributed by atoms with Crippen LogP contribution in [0.4, 0.5) is 0 Å². The van der Waals surface area contributed by atoms with Crippen LogP contribution in [0.15, 0.2) is 63.0 Å². The van der Waals surface area contributed by atoms with E-state index in [4.69, 9.17) is 9.47 Å². The number of rotatable bonds is 8. The van der Waals surface area contributed by atoms with Crippen molar-refractivity contribution in [2.45, 2.75) is 11.7 Å². The molecule has 1 heterocycles. The highest BCUT2D eigenvalue weighted by Crippen LogP contribution is 2.21. The Kier molecular flexibility index (Phi) is 6.71. The average Bonchev–Trinajstić information content (AvgIpc) is 2.66. The fourth-order valence-corrected chi connectivity index (χ4v) is 3.68. The maximum atomic E-state index is 12.9. The Labute approximate surface area is 164 Å². The number of ether oxygens (including phenoxy) is 2. The quantitative estimate of drug-likeness (QED) is 0.305. The zero-order valence-electron chi connectivity index (χ0n) is 14.4. The molecule has 3 aromatic rings. The molecule has 0 amide bonds. The van der Waals surface area contributed by atoms with Gasteiger partial charge < -0.3 is 9.47 Å². The lowest BCUT2D eigenvalue weighted by Crippen LogP contribution is -2.25. The monoisotopic (exact) mass is 434 g/mol. The molecule has 0 saturated heterocycles. The summed E-state index contributed by atoms with van der Waals surface area (Å²) in [5.74, 6) is 1.53. The number of thioether (sulfide) groups is 1. The SMILES string of the molecule is COCCn1c(SCCOc2ccccc2)nc2ccc(Br)cc2c1=O. The van der Waals surface area contributed by atoms with Gasteiger partial charge in [-0.25, -0.2) is 4.98 Å². The first kappa shape index (κ1) is 18.9. The summed E-state index contributed by atoms with van der Waals surface area (Å²) in [7, 11) is 1.62. The molecule has 5 nitrogen and oxygen atoms in total. The first-order valence-corrected chi connectivity index (χ1v) is 9.96. The Morgan fingerprint density at radius 2 is 1.96 bits per heavy atom. The molecule has 0 N–H and O–H groups in total. The maximum absolute atomic E-state index is 12.9. The average molecular weight is 435 g/mol. The minimum absolute atomic E-state index is 0.0557. The summed E-state index contributed by atoms with van der Waals surface area (Å²) >= 11 is 4.92. The Balaban J connectivity index is 1.79. The largest absolute Gasteiger partial charge is 0.493 e. The van der Waals surface area contributed by atoms with Crippen LogP contribution in [0.3, 0.4) is 0 Å². The Hall–Kier alpha value is -1.83. The number of nitrogens with zero attached hydrogens (tertiary/aromatic N) is 2. The van der Waals surface area contributed by atoms with E-state index in [0.717, 1.165) is 10.2 Å². The van der Waals surface area contributed by atoms with Crippen LogP contribution >= 0.6 is 27.7 Å². The van der Waals surface area contributed by atoms with Gasteiger partial charge in [-0.3, -0.25) is 9.36 Å². The van der Waals surface area contributed by atoms with Crippen molar-refractivity contribution >= 4 is 38.6 Å². The van der Waals surface area contributed by atoms with Crippen molar-refractivity contribution in [3.63, 3.8) is 0 Å². The highest BCUT2D eigenvalue weighted by atomic mass is 79.9. The summed E-state index contributed by atoms with van der Waals surface area (Å²) in [5, 5.41) is 1.28. The van der Waals surface area contributed by atoms with Crippen LogP contribution in [0.25, 0.3) is 10.9 Å². The minimum Gasteiger partial charge on any atom is -0.493 e. The van der Waals surface area contributed by atoms with Crippen LogP contribution < -0.4 is 10.3 Å². The van der Waals surface area contributed by atoms with E-state index in [9.17, 15) is 4.79 Å². The number of halogens is 1. The molecule has 0 fully saturated rings. The van der Waals surface area contributed by atoms with Crippen LogP contribution in [0.1, 0.15) is 0 Å². The van der Waals surface area contributed by atoms with Crippen molar-refractivity contribution in [1.29, 1.82) is 0 Å². The third kappa shape index (κ3) is 4.66. The molecule has 0 unspecified atom stereocenters. The predicted octanol–water partition coefficient (Wildman–Crippen LogP) is 3.98. The van der Waals surface area contributed by atoms with Gasteiger partial charge in [-0.05, 0) is 30.3 Å². The van der Waals surface area contributed by atoms with E-state index in [0.29, 0.717) is 41.6 Å². The van der Waals surface area contributed by atoms with Crippen molar-refractivity contribution < 1.29 is 9.47 Å². The van der Waals surface area contributed by atoms with Gasteiger partial charge in [0.15, 0.2) is 5.16 Å². The van der Waals surface area contributed by atoms with Gasteiger partial charge in [0.05, 0.1) is 30.7 Å². The fourth-order valence-electron chi connectivity index (χ4n) is 2.47. The summed E-state index contributed by atoms with van der Waals surface area (Å²) in [6, 6.07) is 15.2. The molecule has 0 saturated carbocycles. The highest BCUT2D eigenvalue weighted by Gasteiger charge is 2.12. The van der Waals surface area contributed by atoms with Gasteiger partial charge in [0.1, 0.15) is 5.75 Å². The van der Waals surface area contributed by atoms with Gasteiger partial charge in [-0.1, -0.05) is 45.9 Å². The van der Waals surface area contributed by atoms with Gasteiger partial charge in [0.2, 0.25) is 0 Å². The molecule has 2 aromatic carbocycles. The van der Waals surface area contributed by atoms with E-state index in [1.165, 1.54) is 11.8 Å². The number of hydrogen-bond donors (Lipinski definition) is 0. The van der Waals surface area contributed by atoms with Crippen molar-refractivity contribution in [3.8, 4) is 5.75 Å². The predicted molar refractivity (Wildman–Crippen MR) is 108 cm³/mol. The molecule has 7 heteroatoms. The highest BCUT2D eigenvalue weighted by molar-refractivity contribution is 9.10. The lowest BCUT2D eigenvalue weighted by molar-refractivity contribution is 0.183. The van der Waals surface area contributed by atoms with Gasteiger partial charge in [-0.15, -0.1) is 0 Å². The molecule has 136 valence electrons. The van der Waals surface area contributed by atoms with Crippen LogP contribution in [0, 0.1) is 0 Å². The number of aromatic nitrogens is 2. The standard InChI is InChI=1S/C19H19BrN2O3S/c1-24-10-9-22-18(23)16-13-14(20)7-8-17(16)21-19(22)26-12-11-25-15-5-3-2-4-6-15/h2-8,13H,9-12H2,1H3. The third-order valence-electron chi connectivity index (χ3n) is 3.73. The van der Waals surface area contributed by atoms with Crippen molar-refractivity contribution in [2.24, 2.45) is 0 Å². The molecule has 0 spiro atoms. The first-order chi connectivity index (χ1) is 12.7. The first-order valence-electron chi connectivity index (χ1n) is 8.19. The zero-order chi connectivity index (χ0) is 18.4. The third-order valence-corrected chi connectivity index (χ3v) is 5.16. The molecule has 0 aliphatic rings. The van der Waals surface area contributed by atoms with Gasteiger partial charge >= 0.3 is 0 Å². The van der Waals surface area contributed by atoms with Gasteiger partial charge in [0, 0.05) is 17.3 Å². The smallest absolute Gasteiger partial charge is 0.262 e. The number of benzene rings is 2. The van der Waals surface area contributed by atoms with Crippen LogP contribution in [0.5, 0.6) is 5.75 Å². The lowest BCUT2D eigenvalue weighted by atomic mass is 10.2. The summed E-state index contributed by atoms with van der Waals surface area (Å²) in [6.45, 7) is 1.45. The Bertz CT molecular complexity index is 931. The molecule has 0 radical (unpaired) electrons. The topological polar surface area (TPSA) is 53.4 Å². The number of methoxy groups -OCH3 is 1. The summed E-state index contributed by atoms with van der Waals surface area (Å²) in [5.41, 5.74) is 0.637. The summed E-state index contributed by atoms with van der Waals surface area (Å²) < 4.78 is 13.4. The Morgan fingerprint density at radius 3 is 2.73 bits per heavy atom. The lowest BCUT2D eigenvalue weighted by Gasteiger charge is -2.13. The second-order valence-corrected chi connectivity index (χ2v) is 7.49. The van der Waals surface area contributed by atoms with Gasteiger partial charge in [0.25, 0.3) is 5.56 Å². The van der Waals surface area contributed by atoms with E-state index in [1.807, 2.05) is 42.5 Å². The maximum Gasteiger partial charge on any atom is 0.262 e. The van der Waals surface area contributed by atoms with E-state index in [2.05, 4.69) is 20.9 Å². The second-order valence-electron chi connectivity index (χ2n) is 5.52. The van der Waals surface area contributed by atoms with Crippen LogP contribution in [-0.4, -0.2) is 35.6 Å². The van der Waals surface area contributed by atoms with E-state index >= 15 is 0 Å². The van der Waals surface area contributed by atoms with E-state index in [-0.39, 0.29) is 5.56 Å². The second kappa shape index (κ2) is 9.21. The number of fused-ring (bicyclic) bond motifs is 1. The summed E-state index contributed by atoms with van der Waals surface area (Å²) in [4.78, 5) is 17.5. The van der Waals surface area contributed by atoms with Crippen LogP contribution in [0.2, 0.25) is 0 Å². The van der Waals surface area contributed by atoms with E-state index < -0.39 is 0 Å². The minimum atomic E-state index is -0.0557. The molecule has 1 aromatic heterocycles. The Morgan fingerprint density at radius 1 is 1.15 bits per heavy atom. The molecule has 26 heavy (non-hydrogen) atoms. The molecule has 3 rings (SSSR count). The fraction of sp³-hybridized carbons (Fsp3) is 0.263. The molecule has 0 atom stereocenters. The van der Waals surface area contributed by atoms with Crippen molar-refractivity contribution in [1.82, 2.24) is 9.55 Å². The summed E-state index contributed by atoms with van der Waals surface area (Å²) in [6.07, 6.45) is 0. The zero-order valence-corrected chi connectivity index (χ0v) is 16.8. The van der Waals surface area contributed by atoms with Crippen molar-refractivity contribution in [3.05, 3.63) is 63.4 Å². The van der Waals surface area contributed by atoms with E-state index in [1.54, 1.807) is 17.7 Å². The molecule has 0 bridgehead atoms. The molecule has 0 aliphatic heterocycles. The molecular weight excluding hydrogens is 416 g/mol. The van der Waals surface area contributed by atoms with Crippen LogP contribution in [-0.2, 0) is 11.3 Å².